The van der Waals surface area contributed by atoms with E-state index in [0.29, 0.717) is 34.5 Å². The Morgan fingerprint density at radius 1 is 0.968 bits per heavy atom. The molecular weight excluding hydrogens is 390 g/mol. The van der Waals surface area contributed by atoms with Gasteiger partial charge in [-0.25, -0.2) is 15.0 Å². The molecule has 5 rings (SSSR count). The second-order valence-corrected chi connectivity index (χ2v) is 7.57. The van der Waals surface area contributed by atoms with Crippen molar-refractivity contribution in [1.82, 2.24) is 24.1 Å². The molecule has 0 aliphatic rings. The van der Waals surface area contributed by atoms with Gasteiger partial charge < -0.3 is 4.74 Å². The lowest BCUT2D eigenvalue weighted by Crippen LogP contribution is -2.20. The van der Waals surface area contributed by atoms with Crippen molar-refractivity contribution in [2.75, 3.05) is 7.11 Å². The third-order valence-electron chi connectivity index (χ3n) is 5.54. The van der Waals surface area contributed by atoms with E-state index >= 15 is 0 Å². The fourth-order valence-electron chi connectivity index (χ4n) is 3.96. The summed E-state index contributed by atoms with van der Waals surface area (Å²) in [6, 6.07) is 15.3. The minimum absolute atomic E-state index is 0.0858. The molecule has 3 heterocycles. The molecule has 7 nitrogen and oxygen atoms in total. The highest BCUT2D eigenvalue weighted by molar-refractivity contribution is 6.05. The van der Waals surface area contributed by atoms with Crippen LogP contribution in [0.15, 0.2) is 59.7 Å². The highest BCUT2D eigenvalue weighted by Crippen LogP contribution is 2.29. The molecule has 5 aromatic rings. The molecule has 7 heteroatoms. The van der Waals surface area contributed by atoms with Crippen LogP contribution in [-0.2, 0) is 6.54 Å². The molecule has 0 atom stereocenters. The van der Waals surface area contributed by atoms with Crippen LogP contribution in [0.25, 0.3) is 38.9 Å². The minimum Gasteiger partial charge on any atom is -0.497 e. The molecule has 0 spiro atoms. The van der Waals surface area contributed by atoms with Crippen LogP contribution in [0.2, 0.25) is 0 Å². The number of fused-ring (bicyclic) bond motifs is 4. The van der Waals surface area contributed by atoms with Gasteiger partial charge in [-0.15, -0.1) is 0 Å². The van der Waals surface area contributed by atoms with Crippen LogP contribution < -0.4 is 10.3 Å². The van der Waals surface area contributed by atoms with Crippen molar-refractivity contribution in [1.29, 1.82) is 0 Å². The number of ether oxygens (including phenoxy) is 1. The van der Waals surface area contributed by atoms with E-state index < -0.39 is 0 Å². The Kier molecular flexibility index (Phi) is 4.86. The molecule has 0 saturated heterocycles. The van der Waals surface area contributed by atoms with Crippen LogP contribution in [0.4, 0.5) is 0 Å². The fraction of sp³-hybridized carbons (Fsp3) is 0.250. The van der Waals surface area contributed by atoms with E-state index in [1.807, 2.05) is 53.1 Å². The number of benzene rings is 2. The van der Waals surface area contributed by atoms with E-state index in [1.54, 1.807) is 18.0 Å². The number of unbranched alkanes of at least 4 members (excludes halogenated alkanes) is 2. The zero-order chi connectivity index (χ0) is 21.4. The van der Waals surface area contributed by atoms with Gasteiger partial charge in [0.05, 0.1) is 30.2 Å². The Morgan fingerprint density at radius 3 is 2.55 bits per heavy atom. The first kappa shape index (κ1) is 19.2. The topological polar surface area (TPSA) is 74.8 Å². The molecule has 0 radical (unpaired) electrons. The van der Waals surface area contributed by atoms with Gasteiger partial charge in [0, 0.05) is 12.6 Å². The smallest absolute Gasteiger partial charge is 0.265 e. The Bertz CT molecular complexity index is 1470. The summed E-state index contributed by atoms with van der Waals surface area (Å²) in [5, 5.41) is 0.495. The van der Waals surface area contributed by atoms with E-state index in [1.165, 1.54) is 0 Å². The number of hydrogen-bond acceptors (Lipinski definition) is 5. The summed E-state index contributed by atoms with van der Waals surface area (Å²) in [7, 11) is 1.63. The number of hydrogen-bond donors (Lipinski definition) is 0. The maximum atomic E-state index is 13.5. The lowest BCUT2D eigenvalue weighted by molar-refractivity contribution is 0.414. The van der Waals surface area contributed by atoms with Crippen LogP contribution >= 0.6 is 0 Å². The van der Waals surface area contributed by atoms with Crippen LogP contribution in [-0.4, -0.2) is 31.2 Å². The van der Waals surface area contributed by atoms with Crippen molar-refractivity contribution in [3.8, 4) is 11.4 Å². The predicted molar refractivity (Wildman–Crippen MR) is 122 cm³/mol. The molecule has 0 N–H and O–H groups in total. The Hall–Kier alpha value is -3.74. The monoisotopic (exact) mass is 413 g/mol. The highest BCUT2D eigenvalue weighted by atomic mass is 16.5. The number of methoxy groups -OCH3 is 1. The molecular formula is C24H23N5O2. The molecule has 3 aromatic heterocycles. The van der Waals surface area contributed by atoms with Gasteiger partial charge >= 0.3 is 0 Å². The van der Waals surface area contributed by atoms with Gasteiger partial charge in [-0.2, -0.15) is 0 Å². The Balaban J connectivity index is 1.86. The van der Waals surface area contributed by atoms with Crippen molar-refractivity contribution in [3.05, 3.63) is 65.2 Å². The normalized spacial score (nSPS) is 11.5. The molecule has 31 heavy (non-hydrogen) atoms. The van der Waals surface area contributed by atoms with E-state index in [-0.39, 0.29) is 5.56 Å². The van der Waals surface area contributed by atoms with Crippen molar-refractivity contribution < 1.29 is 4.74 Å². The fourth-order valence-corrected chi connectivity index (χ4v) is 3.96. The quantitative estimate of drug-likeness (QED) is 0.384. The lowest BCUT2D eigenvalue weighted by Gasteiger charge is -2.09. The molecule has 156 valence electrons. The van der Waals surface area contributed by atoms with Gasteiger partial charge in [0.1, 0.15) is 16.7 Å². The summed E-state index contributed by atoms with van der Waals surface area (Å²) in [4.78, 5) is 27.8. The summed E-state index contributed by atoms with van der Waals surface area (Å²) < 4.78 is 8.99. The molecule has 2 aromatic carbocycles. The molecule has 0 aliphatic heterocycles. The van der Waals surface area contributed by atoms with Crippen LogP contribution in [0, 0.1) is 0 Å². The van der Waals surface area contributed by atoms with Crippen molar-refractivity contribution in [3.63, 3.8) is 0 Å². The Labute approximate surface area is 179 Å². The van der Waals surface area contributed by atoms with E-state index in [0.717, 1.165) is 36.0 Å². The summed E-state index contributed by atoms with van der Waals surface area (Å²) >= 11 is 0. The number of aromatic nitrogens is 5. The number of rotatable bonds is 6. The van der Waals surface area contributed by atoms with Gasteiger partial charge in [-0.3, -0.25) is 13.9 Å². The zero-order valence-electron chi connectivity index (χ0n) is 17.6. The van der Waals surface area contributed by atoms with Gasteiger partial charge in [0.2, 0.25) is 0 Å². The second-order valence-electron chi connectivity index (χ2n) is 7.57. The van der Waals surface area contributed by atoms with Gasteiger partial charge in [0.25, 0.3) is 5.56 Å². The van der Waals surface area contributed by atoms with Crippen molar-refractivity contribution in [2.45, 2.75) is 32.7 Å². The minimum atomic E-state index is -0.0858. The molecule has 0 amide bonds. The SMILES string of the molecule is CCCCCn1cnc2c(c1=O)c1nc3ccccc3nc1n2-c1cccc(OC)c1. The predicted octanol–water partition coefficient (Wildman–Crippen LogP) is 4.48. The van der Waals surface area contributed by atoms with Crippen LogP contribution in [0.1, 0.15) is 26.2 Å². The third kappa shape index (κ3) is 3.22. The largest absolute Gasteiger partial charge is 0.497 e. The molecule has 0 unspecified atom stereocenters. The number of nitrogens with zero attached hydrogens (tertiary/aromatic N) is 5. The van der Waals surface area contributed by atoms with Gasteiger partial charge in [-0.05, 0) is 30.7 Å². The average molecular weight is 413 g/mol. The molecule has 0 bridgehead atoms. The van der Waals surface area contributed by atoms with Gasteiger partial charge in [0.15, 0.2) is 11.3 Å². The molecule has 0 saturated carbocycles. The van der Waals surface area contributed by atoms with E-state index in [4.69, 9.17) is 14.7 Å². The zero-order valence-corrected chi connectivity index (χ0v) is 17.6. The van der Waals surface area contributed by atoms with Crippen LogP contribution in [0.3, 0.4) is 0 Å². The maximum Gasteiger partial charge on any atom is 0.265 e. The number of para-hydroxylation sites is 2. The average Bonchev–Trinajstić information content (AvgIpc) is 3.13. The van der Waals surface area contributed by atoms with Crippen molar-refractivity contribution in [2.24, 2.45) is 0 Å². The molecule has 0 fully saturated rings. The van der Waals surface area contributed by atoms with Crippen LogP contribution in [0.5, 0.6) is 5.75 Å². The second kappa shape index (κ2) is 7.83. The summed E-state index contributed by atoms with van der Waals surface area (Å²) in [5.41, 5.74) is 3.98. The lowest BCUT2D eigenvalue weighted by atomic mass is 10.2. The Morgan fingerprint density at radius 2 is 1.77 bits per heavy atom. The summed E-state index contributed by atoms with van der Waals surface area (Å²) in [5.74, 6) is 0.717. The standard InChI is InChI=1S/C24H23N5O2/c1-3-4-7-13-28-15-25-22-20(24(28)30)21-23(27-19-12-6-5-11-18(19)26-21)29(22)16-9-8-10-17(14-16)31-2/h5-6,8-12,14-15H,3-4,7,13H2,1-2H3. The first-order chi connectivity index (χ1) is 15.2. The maximum absolute atomic E-state index is 13.5. The first-order valence-corrected chi connectivity index (χ1v) is 10.5. The number of aryl methyl sites for hydroxylation is 1. The third-order valence-corrected chi connectivity index (χ3v) is 5.54. The van der Waals surface area contributed by atoms with E-state index in [9.17, 15) is 4.79 Å². The summed E-state index contributed by atoms with van der Waals surface area (Å²) in [6.45, 7) is 2.79. The summed E-state index contributed by atoms with van der Waals surface area (Å²) in [6.07, 6.45) is 4.74. The van der Waals surface area contributed by atoms with Gasteiger partial charge in [-0.1, -0.05) is 38.0 Å². The molecule has 0 aliphatic carbocycles. The highest BCUT2D eigenvalue weighted by Gasteiger charge is 2.21. The van der Waals surface area contributed by atoms with Crippen molar-refractivity contribution >= 4 is 33.2 Å². The first-order valence-electron chi connectivity index (χ1n) is 10.5. The van der Waals surface area contributed by atoms with E-state index in [2.05, 4.69) is 11.9 Å².